The molecule has 0 N–H and O–H groups in total. The van der Waals surface area contributed by atoms with E-state index in [0.717, 1.165) is 13.0 Å². The summed E-state index contributed by atoms with van der Waals surface area (Å²) < 4.78 is 30.5. The lowest BCUT2D eigenvalue weighted by atomic mass is 10.1. The maximum absolute atomic E-state index is 13.7. The summed E-state index contributed by atoms with van der Waals surface area (Å²) in [4.78, 5) is 21.8. The van der Waals surface area contributed by atoms with Crippen LogP contribution < -0.4 is 19.1 Å². The van der Waals surface area contributed by atoms with Gasteiger partial charge in [0.15, 0.2) is 16.6 Å². The van der Waals surface area contributed by atoms with Gasteiger partial charge in [-0.05, 0) is 57.4 Å². The maximum atomic E-state index is 13.7. The molecule has 0 aliphatic heterocycles. The van der Waals surface area contributed by atoms with E-state index >= 15 is 0 Å². The van der Waals surface area contributed by atoms with Crippen LogP contribution in [0.4, 0.5) is 9.52 Å². The summed E-state index contributed by atoms with van der Waals surface area (Å²) in [6.45, 7) is 1.26. The van der Waals surface area contributed by atoms with E-state index in [0.29, 0.717) is 44.7 Å². The van der Waals surface area contributed by atoms with Crippen LogP contribution in [0.3, 0.4) is 0 Å². The minimum absolute atomic E-state index is 0.252. The van der Waals surface area contributed by atoms with E-state index in [1.165, 1.54) is 44.8 Å². The first kappa shape index (κ1) is 22.8. The molecule has 0 unspecified atom stereocenters. The monoisotopic (exact) mass is 447 g/mol. The van der Waals surface area contributed by atoms with Crippen LogP contribution in [0.1, 0.15) is 16.8 Å². The fraction of sp³-hybridized carbons (Fsp3) is 0.364. The molecule has 166 valence electrons. The molecule has 0 saturated heterocycles. The van der Waals surface area contributed by atoms with Crippen LogP contribution in [-0.2, 0) is 0 Å². The molecular formula is C22H26FN3O4S. The van der Waals surface area contributed by atoms with Crippen molar-refractivity contribution in [1.29, 1.82) is 0 Å². The van der Waals surface area contributed by atoms with Crippen molar-refractivity contribution in [2.75, 3.05) is 53.4 Å². The van der Waals surface area contributed by atoms with Gasteiger partial charge < -0.3 is 19.1 Å². The number of ether oxygens (including phenoxy) is 3. The van der Waals surface area contributed by atoms with Crippen LogP contribution in [0.2, 0.25) is 0 Å². The number of carbonyl (C=O) groups is 1. The van der Waals surface area contributed by atoms with Gasteiger partial charge in [0.05, 0.1) is 31.5 Å². The number of rotatable bonds is 9. The molecular weight excluding hydrogens is 421 g/mol. The first-order chi connectivity index (χ1) is 14.9. The number of carbonyl (C=O) groups excluding carboxylic acids is 1. The highest BCUT2D eigenvalue weighted by atomic mass is 32.1. The first-order valence-electron chi connectivity index (χ1n) is 9.70. The van der Waals surface area contributed by atoms with Crippen LogP contribution in [0.25, 0.3) is 10.2 Å². The van der Waals surface area contributed by atoms with E-state index in [2.05, 4.69) is 9.88 Å². The van der Waals surface area contributed by atoms with Gasteiger partial charge in [0, 0.05) is 12.1 Å². The third-order valence-corrected chi connectivity index (χ3v) is 5.76. The molecule has 0 aliphatic rings. The first-order valence-corrected chi connectivity index (χ1v) is 10.5. The highest BCUT2D eigenvalue weighted by molar-refractivity contribution is 7.22. The summed E-state index contributed by atoms with van der Waals surface area (Å²) in [5.74, 6) is 0.612. The Kier molecular flexibility index (Phi) is 7.29. The van der Waals surface area contributed by atoms with Crippen LogP contribution in [0.15, 0.2) is 30.3 Å². The number of methoxy groups -OCH3 is 3. The SMILES string of the molecule is COc1cc(C(=O)N(CCCN(C)C)c2nc3ccc(F)cc3s2)cc(OC)c1OC. The third kappa shape index (κ3) is 5.05. The van der Waals surface area contributed by atoms with Crippen molar-refractivity contribution in [2.45, 2.75) is 6.42 Å². The zero-order valence-corrected chi connectivity index (χ0v) is 19.1. The largest absolute Gasteiger partial charge is 0.493 e. The predicted octanol–water partition coefficient (Wildman–Crippen LogP) is 4.06. The van der Waals surface area contributed by atoms with Gasteiger partial charge in [0.1, 0.15) is 5.82 Å². The van der Waals surface area contributed by atoms with E-state index in [-0.39, 0.29) is 11.7 Å². The summed E-state index contributed by atoms with van der Waals surface area (Å²) in [6, 6.07) is 7.65. The quantitative estimate of drug-likeness (QED) is 0.493. The number of nitrogens with zero attached hydrogens (tertiary/aromatic N) is 3. The van der Waals surface area contributed by atoms with Crippen molar-refractivity contribution >= 4 is 32.6 Å². The summed E-state index contributed by atoms with van der Waals surface area (Å²) in [7, 11) is 8.47. The molecule has 7 nitrogen and oxygen atoms in total. The molecule has 1 amide bonds. The number of amides is 1. The second-order valence-corrected chi connectivity index (χ2v) is 8.15. The Labute approximate surface area is 185 Å². The Bertz CT molecular complexity index is 1050. The topological polar surface area (TPSA) is 64.1 Å². The van der Waals surface area contributed by atoms with Crippen molar-refractivity contribution in [2.24, 2.45) is 0 Å². The molecule has 0 atom stereocenters. The third-order valence-electron chi connectivity index (χ3n) is 4.71. The Morgan fingerprint density at radius 3 is 2.29 bits per heavy atom. The summed E-state index contributed by atoms with van der Waals surface area (Å²) in [6.07, 6.45) is 0.744. The molecule has 0 fully saturated rings. The summed E-state index contributed by atoms with van der Waals surface area (Å²) >= 11 is 1.28. The van der Waals surface area contributed by atoms with E-state index in [1.807, 2.05) is 14.1 Å². The predicted molar refractivity (Wildman–Crippen MR) is 121 cm³/mol. The molecule has 1 heterocycles. The molecule has 3 aromatic rings. The Balaban J connectivity index is 2.02. The average Bonchev–Trinajstić information content (AvgIpc) is 3.17. The normalized spacial score (nSPS) is 11.1. The minimum atomic E-state index is -0.335. The molecule has 0 radical (unpaired) electrons. The number of thiazole rings is 1. The molecule has 9 heteroatoms. The van der Waals surface area contributed by atoms with Gasteiger partial charge in [-0.15, -0.1) is 0 Å². The van der Waals surface area contributed by atoms with E-state index < -0.39 is 0 Å². The van der Waals surface area contributed by atoms with Crippen LogP contribution in [0.5, 0.6) is 17.2 Å². The zero-order valence-electron chi connectivity index (χ0n) is 18.3. The highest BCUT2D eigenvalue weighted by Gasteiger charge is 2.24. The molecule has 3 rings (SSSR count). The molecule has 1 aromatic heterocycles. The number of hydrogen-bond donors (Lipinski definition) is 0. The number of halogens is 1. The lowest BCUT2D eigenvalue weighted by Gasteiger charge is -2.22. The number of aromatic nitrogens is 1. The van der Waals surface area contributed by atoms with E-state index in [1.54, 1.807) is 23.1 Å². The Morgan fingerprint density at radius 2 is 1.71 bits per heavy atom. The summed E-state index contributed by atoms with van der Waals surface area (Å²) in [5.41, 5.74) is 1.03. The molecule has 0 spiro atoms. The lowest BCUT2D eigenvalue weighted by Crippen LogP contribution is -2.33. The number of anilines is 1. The number of fused-ring (bicyclic) bond motifs is 1. The molecule has 31 heavy (non-hydrogen) atoms. The van der Waals surface area contributed by atoms with Gasteiger partial charge in [-0.25, -0.2) is 9.37 Å². The maximum Gasteiger partial charge on any atom is 0.260 e. The summed E-state index contributed by atoms with van der Waals surface area (Å²) in [5, 5.41) is 0.512. The fourth-order valence-electron chi connectivity index (χ4n) is 3.19. The van der Waals surface area contributed by atoms with E-state index in [9.17, 15) is 9.18 Å². The number of benzene rings is 2. The molecule has 0 bridgehead atoms. The smallest absolute Gasteiger partial charge is 0.260 e. The van der Waals surface area contributed by atoms with Gasteiger partial charge in [-0.1, -0.05) is 11.3 Å². The van der Waals surface area contributed by atoms with E-state index in [4.69, 9.17) is 14.2 Å². The van der Waals surface area contributed by atoms with Crippen LogP contribution in [0, 0.1) is 5.82 Å². The lowest BCUT2D eigenvalue weighted by molar-refractivity contribution is 0.0985. The minimum Gasteiger partial charge on any atom is -0.493 e. The molecule has 2 aromatic carbocycles. The van der Waals surface area contributed by atoms with Gasteiger partial charge in [-0.3, -0.25) is 9.69 Å². The van der Waals surface area contributed by atoms with Crippen molar-refractivity contribution in [3.63, 3.8) is 0 Å². The fourth-order valence-corrected chi connectivity index (χ4v) is 4.21. The van der Waals surface area contributed by atoms with Gasteiger partial charge in [-0.2, -0.15) is 0 Å². The van der Waals surface area contributed by atoms with Crippen molar-refractivity contribution in [3.8, 4) is 17.2 Å². The number of hydrogen-bond acceptors (Lipinski definition) is 7. The molecule has 0 saturated carbocycles. The zero-order chi connectivity index (χ0) is 22.5. The molecule has 0 aliphatic carbocycles. The van der Waals surface area contributed by atoms with Gasteiger partial charge >= 0.3 is 0 Å². The second kappa shape index (κ2) is 9.93. The van der Waals surface area contributed by atoms with Crippen molar-refractivity contribution in [1.82, 2.24) is 9.88 Å². The van der Waals surface area contributed by atoms with Gasteiger partial charge in [0.2, 0.25) is 5.75 Å². The van der Waals surface area contributed by atoms with Crippen molar-refractivity contribution in [3.05, 3.63) is 41.7 Å². The highest BCUT2D eigenvalue weighted by Crippen LogP contribution is 2.39. The Morgan fingerprint density at radius 1 is 1.03 bits per heavy atom. The van der Waals surface area contributed by atoms with Crippen molar-refractivity contribution < 1.29 is 23.4 Å². The average molecular weight is 448 g/mol. The Hall–Kier alpha value is -2.91. The van der Waals surface area contributed by atoms with Gasteiger partial charge in [0.25, 0.3) is 5.91 Å². The van der Waals surface area contributed by atoms with Crippen LogP contribution >= 0.6 is 11.3 Å². The standard InChI is InChI=1S/C22H26FN3O4S/c1-25(2)9-6-10-26(22-24-16-8-7-15(23)13-19(16)31-22)21(27)14-11-17(28-3)20(30-5)18(12-14)29-4/h7-8,11-13H,6,9-10H2,1-5H3. The second-order valence-electron chi connectivity index (χ2n) is 7.14. The van der Waals surface area contributed by atoms with Crippen LogP contribution in [-0.4, -0.2) is 64.3 Å².